The molecule has 2 aromatic heterocycles. The van der Waals surface area contributed by atoms with E-state index in [1.54, 1.807) is 0 Å². The van der Waals surface area contributed by atoms with E-state index in [1.807, 2.05) is 53.7 Å². The molecule has 0 saturated carbocycles. The van der Waals surface area contributed by atoms with Crippen LogP contribution in [0.5, 0.6) is 0 Å². The lowest BCUT2D eigenvalue weighted by atomic mass is 10.2. The molecule has 5 nitrogen and oxygen atoms in total. The quantitative estimate of drug-likeness (QED) is 0.714. The summed E-state index contributed by atoms with van der Waals surface area (Å²) in [6.07, 6.45) is 4.67. The molecular formula is C21H22N4O. The Labute approximate surface area is 153 Å². The van der Waals surface area contributed by atoms with Crippen LogP contribution in [0.15, 0.2) is 54.9 Å². The topological polar surface area (TPSA) is 49.3 Å². The third kappa shape index (κ3) is 3.25. The van der Waals surface area contributed by atoms with Gasteiger partial charge < -0.3 is 9.80 Å². The summed E-state index contributed by atoms with van der Waals surface area (Å²) in [6.45, 7) is 5.31. The van der Waals surface area contributed by atoms with Crippen molar-refractivity contribution in [2.24, 2.45) is 0 Å². The van der Waals surface area contributed by atoms with Crippen molar-refractivity contribution in [3.05, 3.63) is 66.1 Å². The standard InChI is InChI=1S/C21H22N4O/c1-16-15-22-10-9-20(16)24-11-4-12-25(14-13-24)21(26)19-8-7-17-5-2-3-6-18(17)23-19/h2-3,5-10,15H,4,11-14H2,1H3. The van der Waals surface area contributed by atoms with Crippen molar-refractivity contribution in [3.8, 4) is 0 Å². The van der Waals surface area contributed by atoms with Crippen LogP contribution < -0.4 is 4.90 Å². The van der Waals surface area contributed by atoms with Crippen LogP contribution in [0.25, 0.3) is 10.9 Å². The Hall–Kier alpha value is -2.95. The van der Waals surface area contributed by atoms with E-state index in [2.05, 4.69) is 27.9 Å². The molecule has 3 heterocycles. The molecule has 5 heteroatoms. The summed E-state index contributed by atoms with van der Waals surface area (Å²) in [7, 11) is 0. The zero-order valence-corrected chi connectivity index (χ0v) is 14.9. The number of carbonyl (C=O) groups excluding carboxylic acids is 1. The number of aromatic nitrogens is 2. The average Bonchev–Trinajstić information content (AvgIpc) is 2.93. The highest BCUT2D eigenvalue weighted by atomic mass is 16.2. The predicted octanol–water partition coefficient (Wildman–Crippen LogP) is 3.29. The van der Waals surface area contributed by atoms with Gasteiger partial charge in [-0.15, -0.1) is 0 Å². The summed E-state index contributed by atoms with van der Waals surface area (Å²) < 4.78 is 0. The SMILES string of the molecule is Cc1cnccc1N1CCCN(C(=O)c2ccc3ccccc3n2)CC1. The van der Waals surface area contributed by atoms with E-state index < -0.39 is 0 Å². The van der Waals surface area contributed by atoms with Crippen molar-refractivity contribution < 1.29 is 4.79 Å². The first-order valence-electron chi connectivity index (χ1n) is 9.03. The number of pyridine rings is 2. The van der Waals surface area contributed by atoms with Crippen LogP contribution in [0.2, 0.25) is 0 Å². The zero-order valence-electron chi connectivity index (χ0n) is 14.9. The molecular weight excluding hydrogens is 324 g/mol. The van der Waals surface area contributed by atoms with E-state index in [-0.39, 0.29) is 5.91 Å². The van der Waals surface area contributed by atoms with Gasteiger partial charge in [-0.2, -0.15) is 0 Å². The maximum absolute atomic E-state index is 12.9. The fraction of sp³-hybridized carbons (Fsp3) is 0.286. The van der Waals surface area contributed by atoms with Gasteiger partial charge in [0, 0.05) is 49.6 Å². The molecule has 1 amide bonds. The number of anilines is 1. The number of carbonyl (C=O) groups is 1. The minimum Gasteiger partial charge on any atom is -0.369 e. The lowest BCUT2D eigenvalue weighted by Crippen LogP contribution is -2.35. The van der Waals surface area contributed by atoms with Crippen LogP contribution in [0, 0.1) is 6.92 Å². The van der Waals surface area contributed by atoms with E-state index >= 15 is 0 Å². The number of rotatable bonds is 2. The number of hydrogen-bond donors (Lipinski definition) is 0. The number of amides is 1. The van der Waals surface area contributed by atoms with Gasteiger partial charge in [0.05, 0.1) is 5.52 Å². The Morgan fingerprint density at radius 2 is 1.88 bits per heavy atom. The molecule has 1 fully saturated rings. The molecule has 4 rings (SSSR count). The molecule has 0 spiro atoms. The van der Waals surface area contributed by atoms with Crippen molar-refractivity contribution in [2.75, 3.05) is 31.1 Å². The third-order valence-corrected chi connectivity index (χ3v) is 4.93. The molecule has 0 radical (unpaired) electrons. The van der Waals surface area contributed by atoms with Gasteiger partial charge in [-0.3, -0.25) is 9.78 Å². The second-order valence-corrected chi connectivity index (χ2v) is 6.68. The largest absolute Gasteiger partial charge is 0.369 e. The Morgan fingerprint density at radius 1 is 1.00 bits per heavy atom. The van der Waals surface area contributed by atoms with Gasteiger partial charge in [-0.25, -0.2) is 4.98 Å². The van der Waals surface area contributed by atoms with Crippen LogP contribution in [0.1, 0.15) is 22.5 Å². The smallest absolute Gasteiger partial charge is 0.272 e. The highest BCUT2D eigenvalue weighted by Crippen LogP contribution is 2.21. The number of benzene rings is 1. The van der Waals surface area contributed by atoms with Crippen LogP contribution in [0.4, 0.5) is 5.69 Å². The lowest BCUT2D eigenvalue weighted by Gasteiger charge is -2.25. The average molecular weight is 346 g/mol. The van der Waals surface area contributed by atoms with E-state index in [0.717, 1.165) is 37.0 Å². The van der Waals surface area contributed by atoms with Crippen LogP contribution in [-0.4, -0.2) is 47.0 Å². The minimum absolute atomic E-state index is 0.0176. The van der Waals surface area contributed by atoms with Crippen molar-refractivity contribution in [3.63, 3.8) is 0 Å². The summed E-state index contributed by atoms with van der Waals surface area (Å²) in [5.74, 6) is 0.0176. The molecule has 132 valence electrons. The van der Waals surface area contributed by atoms with Crippen LogP contribution >= 0.6 is 0 Å². The lowest BCUT2D eigenvalue weighted by molar-refractivity contribution is 0.0761. The molecule has 1 aliphatic heterocycles. The molecule has 0 bridgehead atoms. The van der Waals surface area contributed by atoms with E-state index in [9.17, 15) is 4.79 Å². The molecule has 0 N–H and O–H groups in total. The van der Waals surface area contributed by atoms with Crippen molar-refractivity contribution in [1.82, 2.24) is 14.9 Å². The molecule has 1 saturated heterocycles. The Morgan fingerprint density at radius 3 is 2.77 bits per heavy atom. The summed E-state index contributed by atoms with van der Waals surface area (Å²) in [5, 5.41) is 1.05. The van der Waals surface area contributed by atoms with E-state index in [1.165, 1.54) is 11.3 Å². The summed E-state index contributed by atoms with van der Waals surface area (Å²) in [4.78, 5) is 25.9. The molecule has 0 atom stereocenters. The summed E-state index contributed by atoms with van der Waals surface area (Å²) >= 11 is 0. The maximum Gasteiger partial charge on any atom is 0.272 e. The van der Waals surface area contributed by atoms with Crippen molar-refractivity contribution in [1.29, 1.82) is 0 Å². The first kappa shape index (κ1) is 16.5. The van der Waals surface area contributed by atoms with Crippen LogP contribution in [0.3, 0.4) is 0 Å². The Kier molecular flexibility index (Phi) is 4.52. The number of fused-ring (bicyclic) bond motifs is 1. The number of aryl methyl sites for hydroxylation is 1. The fourth-order valence-electron chi connectivity index (χ4n) is 3.53. The molecule has 26 heavy (non-hydrogen) atoms. The monoisotopic (exact) mass is 346 g/mol. The first-order chi connectivity index (χ1) is 12.7. The van der Waals surface area contributed by atoms with Gasteiger partial charge in [-0.05, 0) is 37.1 Å². The van der Waals surface area contributed by atoms with Gasteiger partial charge in [0.25, 0.3) is 5.91 Å². The van der Waals surface area contributed by atoms with Gasteiger partial charge in [0.15, 0.2) is 0 Å². The fourth-order valence-corrected chi connectivity index (χ4v) is 3.53. The zero-order chi connectivity index (χ0) is 17.9. The molecule has 1 aliphatic rings. The van der Waals surface area contributed by atoms with Crippen LogP contribution in [-0.2, 0) is 0 Å². The third-order valence-electron chi connectivity index (χ3n) is 4.93. The number of para-hydroxylation sites is 1. The first-order valence-corrected chi connectivity index (χ1v) is 9.03. The van der Waals surface area contributed by atoms with Crippen molar-refractivity contribution in [2.45, 2.75) is 13.3 Å². The summed E-state index contributed by atoms with van der Waals surface area (Å²) in [6, 6.07) is 13.7. The summed E-state index contributed by atoms with van der Waals surface area (Å²) in [5.41, 5.74) is 3.76. The molecule has 0 unspecified atom stereocenters. The van der Waals surface area contributed by atoms with Gasteiger partial charge in [0.1, 0.15) is 5.69 Å². The van der Waals surface area contributed by atoms with Crippen molar-refractivity contribution >= 4 is 22.5 Å². The van der Waals surface area contributed by atoms with Gasteiger partial charge >= 0.3 is 0 Å². The highest BCUT2D eigenvalue weighted by Gasteiger charge is 2.22. The van der Waals surface area contributed by atoms with E-state index in [0.29, 0.717) is 12.2 Å². The van der Waals surface area contributed by atoms with E-state index in [4.69, 9.17) is 0 Å². The molecule has 1 aromatic carbocycles. The highest BCUT2D eigenvalue weighted by molar-refractivity contribution is 5.95. The predicted molar refractivity (Wildman–Crippen MR) is 103 cm³/mol. The Bertz CT molecular complexity index is 940. The minimum atomic E-state index is 0.0176. The molecule has 3 aromatic rings. The van der Waals surface area contributed by atoms with Gasteiger partial charge in [0.2, 0.25) is 0 Å². The number of hydrogen-bond acceptors (Lipinski definition) is 4. The maximum atomic E-state index is 12.9. The Balaban J connectivity index is 1.51. The second kappa shape index (κ2) is 7.12. The van der Waals surface area contributed by atoms with Gasteiger partial charge in [-0.1, -0.05) is 24.3 Å². The second-order valence-electron chi connectivity index (χ2n) is 6.68. The molecule has 0 aliphatic carbocycles. The number of nitrogens with zero attached hydrogens (tertiary/aromatic N) is 4. The normalized spacial score (nSPS) is 15.1.